The second kappa shape index (κ2) is 19.2. The molecule has 15 heavy (non-hydrogen) atoms. The number of hydrogen-bond acceptors (Lipinski definition) is 2. The fraction of sp³-hybridized carbons (Fsp3) is 0.923. The highest BCUT2D eigenvalue weighted by molar-refractivity contribution is 5.81. The van der Waals surface area contributed by atoms with Gasteiger partial charge in [-0.2, -0.15) is 0 Å². The van der Waals surface area contributed by atoms with E-state index in [4.69, 9.17) is 0 Å². The predicted octanol–water partition coefficient (Wildman–Crippen LogP) is 3.80. The molecule has 0 bridgehead atoms. The van der Waals surface area contributed by atoms with Crippen LogP contribution in [0.1, 0.15) is 67.2 Å². The number of rotatable bonds is 5. The van der Waals surface area contributed by atoms with Gasteiger partial charge in [0, 0.05) is 0 Å². The molecule has 0 aromatic heterocycles. The van der Waals surface area contributed by atoms with E-state index in [0.717, 1.165) is 19.3 Å². The summed E-state index contributed by atoms with van der Waals surface area (Å²) in [5.74, 6) is 0.246. The summed E-state index contributed by atoms with van der Waals surface area (Å²) in [6.07, 6.45) is 4.51. The third-order valence-corrected chi connectivity index (χ3v) is 1.69. The molecule has 0 saturated carbocycles. The van der Waals surface area contributed by atoms with E-state index in [1.54, 1.807) is 6.92 Å². The largest absolute Gasteiger partial charge is 0.311 e. The highest BCUT2D eigenvalue weighted by Gasteiger charge is 2.08. The maximum Gasteiger partial charge on any atom is 0.146 e. The van der Waals surface area contributed by atoms with E-state index in [1.165, 1.54) is 6.42 Å². The normalized spacial score (nSPS) is 10.3. The molecule has 0 aromatic carbocycles. The van der Waals surface area contributed by atoms with Crippen LogP contribution in [-0.4, -0.2) is 18.9 Å². The van der Waals surface area contributed by atoms with Crippen molar-refractivity contribution in [2.45, 2.75) is 73.3 Å². The van der Waals surface area contributed by atoms with E-state index < -0.39 is 0 Å². The second-order valence-corrected chi connectivity index (χ2v) is 3.30. The standard InChI is InChI=1S/C8H17NO.C3H8.C2H6/c1-4-5-6-8(9-3)7(2)10;1-3-2;1-2/h8-9H,4-6H2,1-3H3;3H2,1-2H3;1-2H3. The Hall–Kier alpha value is -0.370. The zero-order chi connectivity index (χ0) is 12.7. The molecule has 1 unspecified atom stereocenters. The van der Waals surface area contributed by atoms with Gasteiger partial charge in [-0.3, -0.25) is 4.79 Å². The first kappa shape index (κ1) is 20.1. The average Bonchev–Trinajstić information content (AvgIpc) is 2.23. The van der Waals surface area contributed by atoms with Gasteiger partial charge in [0.15, 0.2) is 0 Å². The van der Waals surface area contributed by atoms with Crippen molar-refractivity contribution in [3.63, 3.8) is 0 Å². The number of carbonyl (C=O) groups excluding carboxylic acids is 1. The summed E-state index contributed by atoms with van der Waals surface area (Å²) in [6, 6.07) is 0.0833. The third kappa shape index (κ3) is 19.9. The summed E-state index contributed by atoms with van der Waals surface area (Å²) in [4.78, 5) is 10.8. The van der Waals surface area contributed by atoms with Crippen LogP contribution in [0.4, 0.5) is 0 Å². The molecule has 0 aromatic rings. The van der Waals surface area contributed by atoms with Gasteiger partial charge in [-0.25, -0.2) is 0 Å². The van der Waals surface area contributed by atoms with Crippen LogP contribution < -0.4 is 5.32 Å². The van der Waals surface area contributed by atoms with Crippen molar-refractivity contribution in [3.8, 4) is 0 Å². The molecule has 0 saturated heterocycles. The molecule has 0 aliphatic rings. The first-order chi connectivity index (χ1) is 7.13. The van der Waals surface area contributed by atoms with Crippen LogP contribution in [-0.2, 0) is 4.79 Å². The van der Waals surface area contributed by atoms with Crippen LogP contribution in [0.2, 0.25) is 0 Å². The maximum atomic E-state index is 10.8. The van der Waals surface area contributed by atoms with E-state index in [9.17, 15) is 4.79 Å². The summed E-state index contributed by atoms with van der Waals surface area (Å²) < 4.78 is 0. The fourth-order valence-electron chi connectivity index (χ4n) is 0.959. The minimum absolute atomic E-state index is 0.0833. The van der Waals surface area contributed by atoms with Crippen LogP contribution in [0.25, 0.3) is 0 Å². The highest BCUT2D eigenvalue weighted by Crippen LogP contribution is 2.00. The van der Waals surface area contributed by atoms with E-state index in [1.807, 2.05) is 20.9 Å². The molecule has 0 aliphatic heterocycles. The Labute approximate surface area is 96.8 Å². The topological polar surface area (TPSA) is 29.1 Å². The third-order valence-electron chi connectivity index (χ3n) is 1.69. The molecule has 0 rings (SSSR count). The SMILES string of the molecule is CC.CCC.CCCCC(NC)C(C)=O. The first-order valence-corrected chi connectivity index (χ1v) is 6.31. The Bertz CT molecular complexity index is 113. The van der Waals surface area contributed by atoms with E-state index in [2.05, 4.69) is 26.1 Å². The van der Waals surface area contributed by atoms with Crippen LogP contribution in [0, 0.1) is 0 Å². The molecular weight excluding hydrogens is 186 g/mol. The van der Waals surface area contributed by atoms with Gasteiger partial charge in [0.05, 0.1) is 6.04 Å². The molecule has 1 N–H and O–H groups in total. The van der Waals surface area contributed by atoms with Crippen LogP contribution in [0.15, 0.2) is 0 Å². The molecule has 0 amide bonds. The molecule has 0 aliphatic carbocycles. The Morgan fingerprint density at radius 3 is 1.80 bits per heavy atom. The lowest BCUT2D eigenvalue weighted by Gasteiger charge is -2.10. The lowest BCUT2D eigenvalue weighted by atomic mass is 10.1. The van der Waals surface area contributed by atoms with Crippen molar-refractivity contribution >= 4 is 5.78 Å². The predicted molar refractivity (Wildman–Crippen MR) is 70.4 cm³/mol. The molecule has 0 heterocycles. The number of hydrogen-bond donors (Lipinski definition) is 1. The first-order valence-electron chi connectivity index (χ1n) is 6.31. The average molecular weight is 217 g/mol. The zero-order valence-corrected chi connectivity index (χ0v) is 11.8. The van der Waals surface area contributed by atoms with Crippen LogP contribution in [0.5, 0.6) is 0 Å². The van der Waals surface area contributed by atoms with Gasteiger partial charge in [0.25, 0.3) is 0 Å². The van der Waals surface area contributed by atoms with Gasteiger partial charge in [-0.15, -0.1) is 0 Å². The van der Waals surface area contributed by atoms with Gasteiger partial charge in [0.2, 0.25) is 0 Å². The number of likely N-dealkylation sites (N-methyl/N-ethyl adjacent to an activating group) is 1. The minimum atomic E-state index is 0.0833. The molecule has 94 valence electrons. The molecule has 0 fully saturated rings. The summed E-state index contributed by atoms with van der Waals surface area (Å²) in [7, 11) is 1.84. The van der Waals surface area contributed by atoms with Crippen molar-refractivity contribution in [2.75, 3.05) is 7.05 Å². The number of Topliss-reactive ketones (excluding diaryl/α,β-unsaturated/α-hetero) is 1. The van der Waals surface area contributed by atoms with Crippen LogP contribution in [0.3, 0.4) is 0 Å². The molecule has 2 nitrogen and oxygen atoms in total. The Morgan fingerprint density at radius 2 is 1.60 bits per heavy atom. The van der Waals surface area contributed by atoms with Crippen molar-refractivity contribution in [3.05, 3.63) is 0 Å². The van der Waals surface area contributed by atoms with Crippen LogP contribution >= 0.6 is 0 Å². The number of carbonyl (C=O) groups is 1. The van der Waals surface area contributed by atoms with Gasteiger partial charge < -0.3 is 5.32 Å². The second-order valence-electron chi connectivity index (χ2n) is 3.30. The summed E-state index contributed by atoms with van der Waals surface area (Å²) in [5, 5.41) is 2.99. The number of nitrogens with one attached hydrogen (secondary N) is 1. The molecular formula is C13H31NO. The molecule has 0 radical (unpaired) electrons. The van der Waals surface area contributed by atoms with Gasteiger partial charge in [0.1, 0.15) is 5.78 Å². The monoisotopic (exact) mass is 217 g/mol. The number of unbranched alkanes of at least 4 members (excludes halogenated alkanes) is 1. The zero-order valence-electron chi connectivity index (χ0n) is 11.8. The smallest absolute Gasteiger partial charge is 0.146 e. The molecule has 1 atom stereocenters. The van der Waals surface area contributed by atoms with Crippen molar-refractivity contribution < 1.29 is 4.79 Å². The minimum Gasteiger partial charge on any atom is -0.311 e. The maximum absolute atomic E-state index is 10.8. The van der Waals surface area contributed by atoms with Crippen molar-refractivity contribution in [1.29, 1.82) is 0 Å². The van der Waals surface area contributed by atoms with Gasteiger partial charge in [-0.1, -0.05) is 53.9 Å². The molecule has 0 spiro atoms. The fourth-order valence-corrected chi connectivity index (χ4v) is 0.959. The molecule has 2 heteroatoms. The lowest BCUT2D eigenvalue weighted by Crippen LogP contribution is -2.31. The number of ketones is 1. The lowest BCUT2D eigenvalue weighted by molar-refractivity contribution is -0.119. The summed E-state index contributed by atoms with van der Waals surface area (Å²) in [6.45, 7) is 12.0. The Balaban J connectivity index is -0.000000245. The Kier molecular flexibility index (Phi) is 25.8. The summed E-state index contributed by atoms with van der Waals surface area (Å²) in [5.41, 5.74) is 0. The van der Waals surface area contributed by atoms with E-state index in [-0.39, 0.29) is 11.8 Å². The summed E-state index contributed by atoms with van der Waals surface area (Å²) >= 11 is 0. The quantitative estimate of drug-likeness (QED) is 0.759. The highest BCUT2D eigenvalue weighted by atomic mass is 16.1. The van der Waals surface area contributed by atoms with E-state index >= 15 is 0 Å². The van der Waals surface area contributed by atoms with Gasteiger partial charge in [-0.05, 0) is 20.4 Å². The van der Waals surface area contributed by atoms with Gasteiger partial charge >= 0.3 is 0 Å². The van der Waals surface area contributed by atoms with Crippen molar-refractivity contribution in [2.24, 2.45) is 0 Å². The van der Waals surface area contributed by atoms with E-state index in [0.29, 0.717) is 0 Å². The Morgan fingerprint density at radius 1 is 1.20 bits per heavy atom. The van der Waals surface area contributed by atoms with Crippen molar-refractivity contribution in [1.82, 2.24) is 5.32 Å².